The smallest absolute Gasteiger partial charge is 0.130 e. The van der Waals surface area contributed by atoms with Crippen LogP contribution in [-0.2, 0) is 14.9 Å². The number of carbonyl (C=O) groups is 1. The normalized spacial score (nSPS) is 23.1. The Balaban J connectivity index is 1.96. The van der Waals surface area contributed by atoms with E-state index in [1.807, 2.05) is 12.1 Å². The maximum Gasteiger partial charge on any atom is 0.130 e. The number of carbonyl (C=O) groups excluding carboxylic acids is 1. The monoisotopic (exact) mass is 313 g/mol. The lowest BCUT2D eigenvalue weighted by Crippen LogP contribution is -2.35. The van der Waals surface area contributed by atoms with Gasteiger partial charge in [-0.3, -0.25) is 0 Å². The Kier molecular flexibility index (Phi) is 4.33. The first-order chi connectivity index (χ1) is 11.0. The van der Waals surface area contributed by atoms with Gasteiger partial charge in [0.25, 0.3) is 0 Å². The molecule has 124 valence electrons. The van der Waals surface area contributed by atoms with Crippen LogP contribution in [0.1, 0.15) is 57.1 Å². The first-order valence-corrected chi connectivity index (χ1v) is 8.59. The van der Waals surface area contributed by atoms with Crippen molar-refractivity contribution >= 4 is 17.5 Å². The molecule has 0 atom stereocenters. The first kappa shape index (κ1) is 16.3. The SMILES string of the molecule is CC1(C)CC=C(c2cc(C3(C=O)CCOCC3)ccc2N)CC1. The van der Waals surface area contributed by atoms with Gasteiger partial charge in [-0.05, 0) is 60.8 Å². The van der Waals surface area contributed by atoms with E-state index >= 15 is 0 Å². The van der Waals surface area contributed by atoms with Crippen LogP contribution in [0, 0.1) is 5.41 Å². The number of nitrogen functional groups attached to an aromatic ring is 1. The highest BCUT2D eigenvalue weighted by Crippen LogP contribution is 2.41. The van der Waals surface area contributed by atoms with Crippen LogP contribution in [0.3, 0.4) is 0 Å². The second-order valence-corrected chi connectivity index (χ2v) is 7.79. The van der Waals surface area contributed by atoms with Gasteiger partial charge in [-0.2, -0.15) is 0 Å². The van der Waals surface area contributed by atoms with E-state index < -0.39 is 5.41 Å². The fourth-order valence-corrected chi connectivity index (χ4v) is 3.68. The molecule has 1 saturated heterocycles. The number of anilines is 1. The van der Waals surface area contributed by atoms with Crippen LogP contribution in [-0.4, -0.2) is 19.5 Å². The van der Waals surface area contributed by atoms with Crippen molar-refractivity contribution in [1.82, 2.24) is 0 Å². The Morgan fingerprint density at radius 1 is 1.17 bits per heavy atom. The Hall–Kier alpha value is -1.61. The number of allylic oxidation sites excluding steroid dienone is 2. The molecule has 2 aliphatic rings. The minimum absolute atomic E-state index is 0.376. The van der Waals surface area contributed by atoms with E-state index in [9.17, 15) is 4.79 Å². The highest BCUT2D eigenvalue weighted by atomic mass is 16.5. The molecule has 2 N–H and O–H groups in total. The molecule has 1 aliphatic carbocycles. The molecule has 0 aromatic heterocycles. The number of hydrogen-bond donors (Lipinski definition) is 1. The largest absolute Gasteiger partial charge is 0.398 e. The lowest BCUT2D eigenvalue weighted by molar-refractivity contribution is -0.115. The third kappa shape index (κ3) is 3.20. The van der Waals surface area contributed by atoms with Gasteiger partial charge in [-0.1, -0.05) is 26.0 Å². The zero-order valence-electron chi connectivity index (χ0n) is 14.2. The number of benzene rings is 1. The molecule has 0 saturated carbocycles. The van der Waals surface area contributed by atoms with Crippen LogP contribution in [0.5, 0.6) is 0 Å². The molecule has 3 heteroatoms. The molecule has 1 fully saturated rings. The summed E-state index contributed by atoms with van der Waals surface area (Å²) in [5.41, 5.74) is 10.6. The second kappa shape index (κ2) is 6.12. The predicted molar refractivity (Wildman–Crippen MR) is 94.3 cm³/mol. The van der Waals surface area contributed by atoms with Crippen LogP contribution in [0.4, 0.5) is 5.69 Å². The Labute approximate surface area is 138 Å². The van der Waals surface area contributed by atoms with Crippen LogP contribution in [0.15, 0.2) is 24.3 Å². The molecule has 1 aromatic carbocycles. The van der Waals surface area contributed by atoms with Gasteiger partial charge in [0.15, 0.2) is 0 Å². The Morgan fingerprint density at radius 2 is 1.91 bits per heavy atom. The van der Waals surface area contributed by atoms with Gasteiger partial charge in [-0.25, -0.2) is 0 Å². The average molecular weight is 313 g/mol. The summed E-state index contributed by atoms with van der Waals surface area (Å²) in [6.07, 6.45) is 8.27. The highest BCUT2D eigenvalue weighted by molar-refractivity contribution is 5.78. The van der Waals surface area contributed by atoms with Crippen LogP contribution in [0.25, 0.3) is 5.57 Å². The van der Waals surface area contributed by atoms with Crippen LogP contribution >= 0.6 is 0 Å². The summed E-state index contributed by atoms with van der Waals surface area (Å²) >= 11 is 0. The lowest BCUT2D eigenvalue weighted by atomic mass is 9.73. The molecule has 0 radical (unpaired) electrons. The van der Waals surface area contributed by atoms with E-state index in [-0.39, 0.29) is 0 Å². The van der Waals surface area contributed by atoms with Gasteiger partial charge in [0.1, 0.15) is 6.29 Å². The van der Waals surface area contributed by atoms with Crippen molar-refractivity contribution in [3.05, 3.63) is 35.4 Å². The maximum atomic E-state index is 11.8. The maximum absolute atomic E-state index is 11.8. The minimum Gasteiger partial charge on any atom is -0.398 e. The Bertz CT molecular complexity index is 625. The number of hydrogen-bond acceptors (Lipinski definition) is 3. The molecule has 0 spiro atoms. The molecule has 1 heterocycles. The van der Waals surface area contributed by atoms with Crippen molar-refractivity contribution < 1.29 is 9.53 Å². The summed E-state index contributed by atoms with van der Waals surface area (Å²) in [6.45, 7) is 5.91. The van der Waals surface area contributed by atoms with Crippen molar-refractivity contribution in [2.75, 3.05) is 18.9 Å². The highest BCUT2D eigenvalue weighted by Gasteiger charge is 2.35. The fourth-order valence-electron chi connectivity index (χ4n) is 3.68. The van der Waals surface area contributed by atoms with Gasteiger partial charge in [0.05, 0.1) is 5.41 Å². The van der Waals surface area contributed by atoms with E-state index in [1.165, 1.54) is 12.0 Å². The summed E-state index contributed by atoms with van der Waals surface area (Å²) in [5, 5.41) is 0. The van der Waals surface area contributed by atoms with Gasteiger partial charge in [0, 0.05) is 24.5 Å². The van der Waals surface area contributed by atoms with E-state index in [0.29, 0.717) is 18.6 Å². The summed E-state index contributed by atoms with van der Waals surface area (Å²) in [4.78, 5) is 11.8. The molecule has 0 amide bonds. The second-order valence-electron chi connectivity index (χ2n) is 7.79. The van der Waals surface area contributed by atoms with Gasteiger partial charge in [0.2, 0.25) is 0 Å². The predicted octanol–water partition coefficient (Wildman–Crippen LogP) is 4.11. The van der Waals surface area contributed by atoms with E-state index in [4.69, 9.17) is 10.5 Å². The topological polar surface area (TPSA) is 52.3 Å². The summed E-state index contributed by atoms with van der Waals surface area (Å²) in [7, 11) is 0. The zero-order chi connectivity index (χ0) is 16.5. The number of nitrogens with two attached hydrogens (primary N) is 1. The van der Waals surface area contributed by atoms with Crippen molar-refractivity contribution in [3.63, 3.8) is 0 Å². The van der Waals surface area contributed by atoms with Crippen LogP contribution in [0.2, 0.25) is 0 Å². The summed E-state index contributed by atoms with van der Waals surface area (Å²) in [5.74, 6) is 0. The number of aldehydes is 1. The molecule has 0 bridgehead atoms. The van der Waals surface area contributed by atoms with Crippen molar-refractivity contribution in [2.45, 2.75) is 51.4 Å². The quantitative estimate of drug-likeness (QED) is 0.675. The van der Waals surface area contributed by atoms with Crippen molar-refractivity contribution in [1.29, 1.82) is 0 Å². The van der Waals surface area contributed by atoms with E-state index in [2.05, 4.69) is 26.0 Å². The van der Waals surface area contributed by atoms with Gasteiger partial charge in [-0.15, -0.1) is 0 Å². The van der Waals surface area contributed by atoms with E-state index in [1.54, 1.807) is 0 Å². The van der Waals surface area contributed by atoms with Crippen LogP contribution < -0.4 is 5.73 Å². The Morgan fingerprint density at radius 3 is 2.52 bits per heavy atom. The average Bonchev–Trinajstić information content (AvgIpc) is 2.56. The molecule has 1 aliphatic heterocycles. The number of rotatable bonds is 3. The molecular weight excluding hydrogens is 286 g/mol. The third-order valence-corrected chi connectivity index (χ3v) is 5.56. The molecule has 0 unspecified atom stereocenters. The van der Waals surface area contributed by atoms with Gasteiger partial charge < -0.3 is 15.3 Å². The lowest BCUT2D eigenvalue weighted by Gasteiger charge is -2.33. The molecular formula is C20H27NO2. The molecule has 3 rings (SSSR count). The fraction of sp³-hybridized carbons (Fsp3) is 0.550. The van der Waals surface area contributed by atoms with Crippen molar-refractivity contribution in [2.24, 2.45) is 5.41 Å². The standard InChI is InChI=1S/C20H27NO2/c1-19(2)7-5-15(6-8-19)17-13-16(3-4-18(17)21)20(14-22)9-11-23-12-10-20/h3-5,13-14H,6-12,21H2,1-2H3. The molecule has 3 nitrogen and oxygen atoms in total. The summed E-state index contributed by atoms with van der Waals surface area (Å²) in [6, 6.07) is 6.14. The summed E-state index contributed by atoms with van der Waals surface area (Å²) < 4.78 is 5.45. The number of ether oxygens (including phenoxy) is 1. The van der Waals surface area contributed by atoms with Gasteiger partial charge >= 0.3 is 0 Å². The molecule has 1 aromatic rings. The minimum atomic E-state index is -0.408. The first-order valence-electron chi connectivity index (χ1n) is 8.59. The van der Waals surface area contributed by atoms with E-state index in [0.717, 1.165) is 48.8 Å². The molecule has 23 heavy (non-hydrogen) atoms. The third-order valence-electron chi connectivity index (χ3n) is 5.56. The van der Waals surface area contributed by atoms with Crippen molar-refractivity contribution in [3.8, 4) is 0 Å². The zero-order valence-corrected chi connectivity index (χ0v) is 14.2.